The van der Waals surface area contributed by atoms with Gasteiger partial charge in [-0.25, -0.2) is 9.99 Å². The van der Waals surface area contributed by atoms with Crippen molar-refractivity contribution in [2.45, 2.75) is 26.1 Å². The average molecular weight is 398 g/mol. The monoisotopic (exact) mass is 398 g/mol. The molecule has 1 unspecified atom stereocenters. The van der Waals surface area contributed by atoms with Crippen LogP contribution in [0.1, 0.15) is 18.5 Å². The highest BCUT2D eigenvalue weighted by atomic mass is 16.7. The number of hydrogen-bond acceptors (Lipinski definition) is 10. The molecule has 10 nitrogen and oxygen atoms in total. The van der Waals surface area contributed by atoms with Gasteiger partial charge in [-0.1, -0.05) is 18.2 Å². The fourth-order valence-electron chi connectivity index (χ4n) is 3.41. The molecule has 3 N–H and O–H groups in total. The summed E-state index contributed by atoms with van der Waals surface area (Å²) in [6, 6.07) is 11.2. The second kappa shape index (κ2) is 8.60. The minimum atomic E-state index is -0.733. The van der Waals surface area contributed by atoms with Gasteiger partial charge in [-0.3, -0.25) is 10.6 Å². The van der Waals surface area contributed by atoms with Crippen LogP contribution in [0.3, 0.4) is 0 Å². The molecular weight excluding hydrogens is 372 g/mol. The topological polar surface area (TPSA) is 107 Å². The van der Waals surface area contributed by atoms with Gasteiger partial charge in [0.1, 0.15) is 6.34 Å². The smallest absolute Gasteiger partial charge is 0.252 e. The predicted molar refractivity (Wildman–Crippen MR) is 110 cm³/mol. The van der Waals surface area contributed by atoms with Gasteiger partial charge in [0.2, 0.25) is 12.2 Å². The molecule has 29 heavy (non-hydrogen) atoms. The molecule has 1 fully saturated rings. The Morgan fingerprint density at radius 3 is 2.69 bits per heavy atom. The van der Waals surface area contributed by atoms with Crippen LogP contribution in [0.2, 0.25) is 0 Å². The van der Waals surface area contributed by atoms with E-state index in [1.807, 2.05) is 30.3 Å². The van der Waals surface area contributed by atoms with Gasteiger partial charge in [-0.15, -0.1) is 0 Å². The molecule has 2 aromatic rings. The zero-order valence-electron chi connectivity index (χ0n) is 16.4. The van der Waals surface area contributed by atoms with Gasteiger partial charge in [0.15, 0.2) is 0 Å². The first-order valence-corrected chi connectivity index (χ1v) is 9.74. The van der Waals surface area contributed by atoms with E-state index in [0.29, 0.717) is 12.3 Å². The van der Waals surface area contributed by atoms with Gasteiger partial charge >= 0.3 is 0 Å². The minimum Gasteiger partial charge on any atom is -0.493 e. The molecule has 0 spiro atoms. The number of para-hydroxylation sites is 1. The van der Waals surface area contributed by atoms with Crippen molar-refractivity contribution < 1.29 is 9.94 Å². The van der Waals surface area contributed by atoms with E-state index in [-0.39, 0.29) is 11.8 Å². The Morgan fingerprint density at radius 1 is 1.21 bits per heavy atom. The van der Waals surface area contributed by atoms with Crippen LogP contribution in [0, 0.1) is 6.92 Å². The van der Waals surface area contributed by atoms with Crippen molar-refractivity contribution in [3.8, 4) is 5.88 Å². The molecule has 1 saturated heterocycles. The standard InChI is InChI=1S/C19H26N8O2/c1-15-13-17(28)23-19(22-15)26-18(20)25(14-21-26)27(16-7-3-2-4-8-16)29-12-11-24-9-5-6-10-24/h2-4,7-8,13-14,18H,5-6,9-12,20H2,1H3,(H,22,23,28). The summed E-state index contributed by atoms with van der Waals surface area (Å²) in [5.41, 5.74) is 7.87. The Hall–Kier alpha value is -2.95. The summed E-state index contributed by atoms with van der Waals surface area (Å²) in [7, 11) is 0. The fourth-order valence-corrected chi connectivity index (χ4v) is 3.41. The number of likely N-dealkylation sites (tertiary alicyclic amines) is 1. The Labute approximate surface area is 169 Å². The van der Waals surface area contributed by atoms with Crippen LogP contribution in [0.15, 0.2) is 41.5 Å². The molecule has 3 heterocycles. The second-order valence-electron chi connectivity index (χ2n) is 7.03. The van der Waals surface area contributed by atoms with Crippen LogP contribution in [0.25, 0.3) is 0 Å². The highest BCUT2D eigenvalue weighted by Crippen LogP contribution is 2.24. The fraction of sp³-hybridized carbons (Fsp3) is 0.421. The summed E-state index contributed by atoms with van der Waals surface area (Å²) >= 11 is 0. The molecule has 1 aromatic carbocycles. The number of aromatic nitrogens is 2. The number of rotatable bonds is 7. The van der Waals surface area contributed by atoms with Crippen molar-refractivity contribution >= 4 is 18.0 Å². The predicted octanol–water partition coefficient (Wildman–Crippen LogP) is 1.25. The molecule has 0 amide bonds. The van der Waals surface area contributed by atoms with E-state index >= 15 is 0 Å². The van der Waals surface area contributed by atoms with Gasteiger partial charge in [0.05, 0.1) is 12.3 Å². The van der Waals surface area contributed by atoms with E-state index < -0.39 is 6.29 Å². The zero-order chi connectivity index (χ0) is 20.2. The van der Waals surface area contributed by atoms with Crippen molar-refractivity contribution in [1.82, 2.24) is 19.9 Å². The first-order valence-electron chi connectivity index (χ1n) is 9.74. The number of hydrazone groups is 1. The maximum absolute atomic E-state index is 9.79. The molecule has 2 aliphatic heterocycles. The summed E-state index contributed by atoms with van der Waals surface area (Å²) < 4.78 is 0. The third-order valence-corrected chi connectivity index (χ3v) is 4.86. The molecule has 154 valence electrons. The van der Waals surface area contributed by atoms with E-state index in [1.165, 1.54) is 23.9 Å². The van der Waals surface area contributed by atoms with Crippen molar-refractivity contribution in [1.29, 1.82) is 0 Å². The first kappa shape index (κ1) is 19.4. The molecular formula is C19H26N8O2. The highest BCUT2D eigenvalue weighted by molar-refractivity contribution is 5.65. The van der Waals surface area contributed by atoms with E-state index in [1.54, 1.807) is 23.4 Å². The Bertz CT molecular complexity index is 823. The van der Waals surface area contributed by atoms with Gasteiger partial charge < -0.3 is 10.0 Å². The van der Waals surface area contributed by atoms with Crippen molar-refractivity contribution in [2.75, 3.05) is 36.4 Å². The van der Waals surface area contributed by atoms with Crippen molar-refractivity contribution in [3.05, 3.63) is 42.1 Å². The Balaban J connectivity index is 1.50. The number of aromatic hydroxyl groups is 1. The van der Waals surface area contributed by atoms with Crippen LogP contribution in [0.4, 0.5) is 11.6 Å². The summed E-state index contributed by atoms with van der Waals surface area (Å²) in [5.74, 6) is 0.0916. The zero-order valence-corrected chi connectivity index (χ0v) is 16.4. The number of benzene rings is 1. The van der Waals surface area contributed by atoms with Gasteiger partial charge in [-0.2, -0.15) is 20.3 Å². The normalized spacial score (nSPS) is 19.3. The number of anilines is 2. The van der Waals surface area contributed by atoms with Crippen LogP contribution < -0.4 is 15.9 Å². The number of nitrogens with zero attached hydrogens (tertiary/aromatic N) is 7. The molecule has 0 saturated carbocycles. The Morgan fingerprint density at radius 2 is 1.97 bits per heavy atom. The van der Waals surface area contributed by atoms with E-state index in [4.69, 9.17) is 10.6 Å². The Kier molecular flexibility index (Phi) is 5.74. The maximum atomic E-state index is 9.79. The lowest BCUT2D eigenvalue weighted by Crippen LogP contribution is -2.55. The minimum absolute atomic E-state index is 0.130. The lowest BCUT2D eigenvalue weighted by atomic mass is 10.3. The quantitative estimate of drug-likeness (QED) is 0.666. The molecule has 1 atom stereocenters. The van der Waals surface area contributed by atoms with E-state index in [2.05, 4.69) is 20.0 Å². The second-order valence-corrected chi connectivity index (χ2v) is 7.03. The highest BCUT2D eigenvalue weighted by Gasteiger charge is 2.33. The van der Waals surface area contributed by atoms with Gasteiger partial charge in [-0.05, 0) is 45.0 Å². The van der Waals surface area contributed by atoms with E-state index in [0.717, 1.165) is 25.3 Å². The van der Waals surface area contributed by atoms with Crippen molar-refractivity contribution in [3.63, 3.8) is 0 Å². The molecule has 10 heteroatoms. The van der Waals surface area contributed by atoms with Gasteiger partial charge in [0, 0.05) is 18.3 Å². The number of aryl methyl sites for hydroxylation is 1. The lowest BCUT2D eigenvalue weighted by molar-refractivity contribution is 0.00990. The summed E-state index contributed by atoms with van der Waals surface area (Å²) in [5, 5.41) is 18.9. The number of hydrogen-bond donors (Lipinski definition) is 2. The summed E-state index contributed by atoms with van der Waals surface area (Å²) in [4.78, 5) is 16.8. The van der Waals surface area contributed by atoms with Crippen LogP contribution in [-0.2, 0) is 4.84 Å². The van der Waals surface area contributed by atoms with E-state index in [9.17, 15) is 5.11 Å². The summed E-state index contributed by atoms with van der Waals surface area (Å²) in [6.07, 6.45) is 3.31. The lowest BCUT2D eigenvalue weighted by Gasteiger charge is -2.35. The first-order chi connectivity index (χ1) is 14.1. The molecule has 0 radical (unpaired) electrons. The van der Waals surface area contributed by atoms with Gasteiger partial charge in [0.25, 0.3) is 5.95 Å². The third kappa shape index (κ3) is 4.39. The molecule has 4 rings (SSSR count). The van der Waals surface area contributed by atoms with Crippen molar-refractivity contribution in [2.24, 2.45) is 10.8 Å². The largest absolute Gasteiger partial charge is 0.493 e. The molecule has 1 aromatic heterocycles. The average Bonchev–Trinajstić information content (AvgIpc) is 3.35. The summed E-state index contributed by atoms with van der Waals surface area (Å²) in [6.45, 7) is 5.37. The SMILES string of the molecule is Cc1cc(O)nc(N2N=CN(N(OCCN3CCCC3)c3ccccc3)C2N)n1. The molecule has 2 aliphatic rings. The van der Waals surface area contributed by atoms with Crippen LogP contribution in [-0.4, -0.2) is 63.9 Å². The molecule has 0 bridgehead atoms. The third-order valence-electron chi connectivity index (χ3n) is 4.86. The molecule has 0 aliphatic carbocycles. The van der Waals surface area contributed by atoms with Crippen LogP contribution in [0.5, 0.6) is 5.88 Å². The number of nitrogens with two attached hydrogens (primary N) is 1. The van der Waals surface area contributed by atoms with Crippen LogP contribution >= 0.6 is 0 Å². The maximum Gasteiger partial charge on any atom is 0.252 e. The number of hydrazine groups is 1.